The predicted molar refractivity (Wildman–Crippen MR) is 90.0 cm³/mol. The number of anilines is 1. The molecule has 1 amide bonds. The number of hydrogen-bond donors (Lipinski definition) is 1. The number of sulfone groups is 1. The predicted octanol–water partition coefficient (Wildman–Crippen LogP) is 4.19. The first-order chi connectivity index (χ1) is 13.3. The van der Waals surface area contributed by atoms with E-state index in [0.717, 1.165) is 37.4 Å². The van der Waals surface area contributed by atoms with Gasteiger partial charge in [0.1, 0.15) is 5.75 Å². The monoisotopic (exact) mass is 441 g/mol. The number of hydrogen-bond acceptors (Lipinski definition) is 4. The zero-order chi connectivity index (χ0) is 22.0. The maximum atomic E-state index is 12.7. The molecule has 0 heterocycles. The summed E-state index contributed by atoms with van der Waals surface area (Å²) in [7, 11) is -4.50. The van der Waals surface area contributed by atoms with E-state index in [9.17, 15) is 39.6 Å². The number of carbonyl (C=O) groups is 1. The van der Waals surface area contributed by atoms with Crippen molar-refractivity contribution < 1.29 is 44.3 Å². The van der Waals surface area contributed by atoms with Crippen LogP contribution in [0.1, 0.15) is 11.1 Å². The Balaban J connectivity index is 2.24. The van der Waals surface area contributed by atoms with Crippen LogP contribution < -0.4 is 10.1 Å². The molecule has 29 heavy (non-hydrogen) atoms. The Morgan fingerprint density at radius 3 is 2.07 bits per heavy atom. The van der Waals surface area contributed by atoms with Gasteiger partial charge in [-0.1, -0.05) is 12.1 Å². The van der Waals surface area contributed by atoms with Crippen LogP contribution in [0.2, 0.25) is 0 Å². The van der Waals surface area contributed by atoms with E-state index in [1.54, 1.807) is 0 Å². The molecule has 0 saturated heterocycles. The topological polar surface area (TPSA) is 72.5 Å². The van der Waals surface area contributed by atoms with E-state index < -0.39 is 44.3 Å². The normalized spacial score (nSPS) is 12.5. The van der Waals surface area contributed by atoms with Crippen molar-refractivity contribution >= 4 is 21.4 Å². The fourth-order valence-electron chi connectivity index (χ4n) is 2.28. The first-order valence-corrected chi connectivity index (χ1v) is 9.19. The number of halogens is 6. The third-order valence-electron chi connectivity index (χ3n) is 3.71. The molecule has 2 aromatic rings. The number of nitrogens with one attached hydrogen (secondary N) is 1. The van der Waals surface area contributed by atoms with Crippen molar-refractivity contribution in [1.29, 1.82) is 0 Å². The van der Waals surface area contributed by atoms with Crippen LogP contribution in [-0.4, -0.2) is 26.9 Å². The van der Waals surface area contributed by atoms with Gasteiger partial charge in [-0.05, 0) is 35.9 Å². The summed E-state index contributed by atoms with van der Waals surface area (Å²) in [5, 5.41) is 2.20. The Morgan fingerprint density at radius 1 is 1.00 bits per heavy atom. The summed E-state index contributed by atoms with van der Waals surface area (Å²) in [6.45, 7) is 0. The quantitative estimate of drug-likeness (QED) is 0.707. The van der Waals surface area contributed by atoms with Crippen LogP contribution in [0.15, 0.2) is 47.4 Å². The molecular formula is C17H13F6NO4S. The van der Waals surface area contributed by atoms with Crippen LogP contribution >= 0.6 is 0 Å². The van der Waals surface area contributed by atoms with Crippen molar-refractivity contribution in [3.8, 4) is 5.75 Å². The van der Waals surface area contributed by atoms with Crippen molar-refractivity contribution in [1.82, 2.24) is 0 Å². The van der Waals surface area contributed by atoms with Gasteiger partial charge >= 0.3 is 11.7 Å². The third-order valence-corrected chi connectivity index (χ3v) is 5.19. The third kappa shape index (κ3) is 5.19. The summed E-state index contributed by atoms with van der Waals surface area (Å²) in [5.74, 6) is -0.906. The Labute approximate surface area is 161 Å². The molecule has 2 rings (SSSR count). The Bertz CT molecular complexity index is 998. The number of carbonyl (C=O) groups excluding carboxylic acids is 1. The average molecular weight is 441 g/mol. The largest absolute Gasteiger partial charge is 0.501 e. The number of methoxy groups -OCH3 is 1. The van der Waals surface area contributed by atoms with Crippen LogP contribution in [0.25, 0.3) is 0 Å². The fraction of sp³-hybridized carbons (Fsp3) is 0.235. The molecule has 0 aliphatic rings. The van der Waals surface area contributed by atoms with E-state index in [2.05, 4.69) is 5.32 Å². The summed E-state index contributed by atoms with van der Waals surface area (Å²) < 4.78 is 104. The zero-order valence-corrected chi connectivity index (χ0v) is 15.4. The summed E-state index contributed by atoms with van der Waals surface area (Å²) in [6.07, 6.45) is -4.95. The molecule has 5 nitrogen and oxygen atoms in total. The number of rotatable bonds is 5. The lowest BCUT2D eigenvalue weighted by Crippen LogP contribution is -2.23. The van der Waals surface area contributed by atoms with Gasteiger partial charge in [-0.3, -0.25) is 4.79 Å². The Kier molecular flexibility index (Phi) is 6.16. The number of benzene rings is 2. The molecule has 0 spiro atoms. The molecule has 0 aliphatic carbocycles. The molecule has 0 atom stereocenters. The van der Waals surface area contributed by atoms with Gasteiger partial charge in [0.25, 0.3) is 9.84 Å². The van der Waals surface area contributed by atoms with Gasteiger partial charge in [0.15, 0.2) is 0 Å². The second-order valence-corrected chi connectivity index (χ2v) is 7.67. The zero-order valence-electron chi connectivity index (χ0n) is 14.6. The van der Waals surface area contributed by atoms with Crippen molar-refractivity contribution in [3.63, 3.8) is 0 Å². The summed E-state index contributed by atoms with van der Waals surface area (Å²) in [5.41, 5.74) is -6.58. The fourth-order valence-corrected chi connectivity index (χ4v) is 3.06. The van der Waals surface area contributed by atoms with E-state index in [4.69, 9.17) is 4.74 Å². The minimum absolute atomic E-state index is 0.105. The Morgan fingerprint density at radius 2 is 1.59 bits per heavy atom. The molecule has 0 saturated carbocycles. The number of amides is 1. The van der Waals surface area contributed by atoms with Crippen molar-refractivity contribution in [2.45, 2.75) is 23.0 Å². The van der Waals surface area contributed by atoms with Crippen LogP contribution in [0.4, 0.5) is 32.0 Å². The summed E-state index contributed by atoms with van der Waals surface area (Å²) in [4.78, 5) is 11.0. The molecule has 0 fully saturated rings. The minimum Gasteiger partial charge on any atom is -0.495 e. The SMILES string of the molecule is COc1ccc(S(=O)(=O)C(F)(F)F)cc1NC(=O)Cc1ccc(C(F)(F)F)cc1. The maximum Gasteiger partial charge on any atom is 0.501 e. The van der Waals surface area contributed by atoms with Crippen LogP contribution in [0.3, 0.4) is 0 Å². The first kappa shape index (κ1) is 22.5. The number of ether oxygens (including phenoxy) is 1. The van der Waals surface area contributed by atoms with E-state index >= 15 is 0 Å². The van der Waals surface area contributed by atoms with Gasteiger partial charge < -0.3 is 10.1 Å². The highest BCUT2D eigenvalue weighted by molar-refractivity contribution is 7.92. The lowest BCUT2D eigenvalue weighted by molar-refractivity contribution is -0.137. The molecular weight excluding hydrogens is 428 g/mol. The molecule has 0 unspecified atom stereocenters. The highest BCUT2D eigenvalue weighted by Crippen LogP contribution is 2.35. The molecule has 0 bridgehead atoms. The lowest BCUT2D eigenvalue weighted by Gasteiger charge is -2.14. The highest BCUT2D eigenvalue weighted by Gasteiger charge is 2.47. The van der Waals surface area contributed by atoms with Gasteiger partial charge in [-0.15, -0.1) is 0 Å². The van der Waals surface area contributed by atoms with Gasteiger partial charge in [0, 0.05) is 0 Å². The van der Waals surface area contributed by atoms with E-state index in [-0.39, 0.29) is 17.0 Å². The minimum atomic E-state index is -5.65. The van der Waals surface area contributed by atoms with Crippen LogP contribution in [0.5, 0.6) is 5.75 Å². The molecule has 12 heteroatoms. The summed E-state index contributed by atoms with van der Waals surface area (Å²) >= 11 is 0. The van der Waals surface area contributed by atoms with Crippen molar-refractivity contribution in [2.24, 2.45) is 0 Å². The molecule has 0 aliphatic heterocycles. The molecule has 0 radical (unpaired) electrons. The molecule has 2 aromatic carbocycles. The lowest BCUT2D eigenvalue weighted by atomic mass is 10.1. The number of alkyl halides is 6. The average Bonchev–Trinajstić information content (AvgIpc) is 2.60. The maximum absolute atomic E-state index is 12.7. The van der Waals surface area contributed by atoms with Crippen molar-refractivity contribution in [3.05, 3.63) is 53.6 Å². The van der Waals surface area contributed by atoms with E-state index in [0.29, 0.717) is 12.1 Å². The smallest absolute Gasteiger partial charge is 0.495 e. The first-order valence-electron chi connectivity index (χ1n) is 7.71. The Hall–Kier alpha value is -2.76. The second kappa shape index (κ2) is 7.93. The van der Waals surface area contributed by atoms with E-state index in [1.165, 1.54) is 0 Å². The highest BCUT2D eigenvalue weighted by atomic mass is 32.2. The van der Waals surface area contributed by atoms with Gasteiger partial charge in [-0.25, -0.2) is 8.42 Å². The van der Waals surface area contributed by atoms with Gasteiger partial charge in [0.05, 0.1) is 29.7 Å². The van der Waals surface area contributed by atoms with Crippen LogP contribution in [-0.2, 0) is 27.2 Å². The van der Waals surface area contributed by atoms with Crippen molar-refractivity contribution in [2.75, 3.05) is 12.4 Å². The molecule has 158 valence electrons. The van der Waals surface area contributed by atoms with Gasteiger partial charge in [0.2, 0.25) is 5.91 Å². The summed E-state index contributed by atoms with van der Waals surface area (Å²) in [6, 6.07) is 5.90. The molecule has 1 N–H and O–H groups in total. The molecule has 0 aromatic heterocycles. The standard InChI is InChI=1S/C17H13F6NO4S/c1-28-14-7-6-12(29(26,27)17(21,22)23)9-13(14)24-15(25)8-10-2-4-11(5-3-10)16(18,19)20/h2-7,9H,8H2,1H3,(H,24,25). The second-order valence-electron chi connectivity index (χ2n) is 5.73. The van der Waals surface area contributed by atoms with Crippen LogP contribution in [0, 0.1) is 0 Å². The van der Waals surface area contributed by atoms with E-state index in [1.807, 2.05) is 0 Å². The van der Waals surface area contributed by atoms with Gasteiger partial charge in [-0.2, -0.15) is 26.3 Å².